The second-order valence-corrected chi connectivity index (χ2v) is 5.02. The summed E-state index contributed by atoms with van der Waals surface area (Å²) in [5.41, 5.74) is 3.17. The zero-order valence-corrected chi connectivity index (χ0v) is 11.5. The molecule has 1 N–H and O–H groups in total. The maximum Gasteiger partial charge on any atom is 0.243 e. The van der Waals surface area contributed by atoms with Gasteiger partial charge in [-0.3, -0.25) is 4.79 Å². The average molecular weight is 247 g/mol. The first-order chi connectivity index (χ1) is 8.50. The van der Waals surface area contributed by atoms with Crippen LogP contribution in [0.25, 0.3) is 0 Å². The van der Waals surface area contributed by atoms with E-state index in [1.54, 1.807) is 0 Å². The van der Waals surface area contributed by atoms with Crippen molar-refractivity contribution < 1.29 is 4.79 Å². The summed E-state index contributed by atoms with van der Waals surface area (Å²) in [5.74, 6) is 0.0826. The Bertz CT molecular complexity index is 438. The fourth-order valence-electron chi connectivity index (χ4n) is 2.41. The molecule has 4 nitrogen and oxygen atoms in total. The van der Waals surface area contributed by atoms with Gasteiger partial charge in [-0.15, -0.1) is 0 Å². The first-order valence-electron chi connectivity index (χ1n) is 6.31. The molecule has 0 spiro atoms. The Labute approximate surface area is 109 Å². The number of aryl methyl sites for hydroxylation is 2. The van der Waals surface area contributed by atoms with Crippen molar-refractivity contribution in [3.8, 4) is 0 Å². The van der Waals surface area contributed by atoms with E-state index in [0.29, 0.717) is 0 Å². The molecule has 1 aliphatic heterocycles. The Morgan fingerprint density at radius 2 is 1.89 bits per heavy atom. The third-order valence-corrected chi connectivity index (χ3v) is 3.75. The molecule has 1 fully saturated rings. The van der Waals surface area contributed by atoms with E-state index in [-0.39, 0.29) is 11.9 Å². The fraction of sp³-hybridized carbons (Fsp3) is 0.500. The van der Waals surface area contributed by atoms with Gasteiger partial charge in [0.25, 0.3) is 0 Å². The molecule has 0 aliphatic carbocycles. The van der Waals surface area contributed by atoms with E-state index in [2.05, 4.69) is 10.3 Å². The van der Waals surface area contributed by atoms with E-state index in [4.69, 9.17) is 0 Å². The van der Waals surface area contributed by atoms with Crippen molar-refractivity contribution in [2.75, 3.05) is 26.0 Å². The monoisotopic (exact) mass is 247 g/mol. The van der Waals surface area contributed by atoms with Crippen molar-refractivity contribution in [2.24, 2.45) is 0 Å². The lowest BCUT2D eigenvalue weighted by molar-refractivity contribution is -0.122. The van der Waals surface area contributed by atoms with Crippen molar-refractivity contribution in [3.63, 3.8) is 0 Å². The van der Waals surface area contributed by atoms with Crippen molar-refractivity contribution in [2.45, 2.75) is 26.3 Å². The van der Waals surface area contributed by atoms with Gasteiger partial charge in [0.05, 0.1) is 0 Å². The summed E-state index contributed by atoms with van der Waals surface area (Å²) < 4.78 is 0. The molecule has 4 heteroatoms. The predicted octanol–water partition coefficient (Wildman–Crippen LogP) is 1.79. The van der Waals surface area contributed by atoms with Gasteiger partial charge in [0, 0.05) is 26.3 Å². The van der Waals surface area contributed by atoms with Gasteiger partial charge >= 0.3 is 0 Å². The molecule has 1 heterocycles. The van der Waals surface area contributed by atoms with Crippen LogP contribution in [0.1, 0.15) is 17.5 Å². The number of carbonyl (C=O) groups is 1. The van der Waals surface area contributed by atoms with Crippen LogP contribution in [-0.2, 0) is 4.79 Å². The number of carbonyl (C=O) groups excluding carboxylic acids is 1. The molecule has 0 saturated carbocycles. The van der Waals surface area contributed by atoms with E-state index in [1.807, 2.05) is 51.2 Å². The van der Waals surface area contributed by atoms with E-state index >= 15 is 0 Å². The van der Waals surface area contributed by atoms with Gasteiger partial charge < -0.3 is 5.32 Å². The molecule has 1 unspecified atom stereocenters. The quantitative estimate of drug-likeness (QED) is 0.865. The summed E-state index contributed by atoms with van der Waals surface area (Å²) in [6.45, 7) is 4.97. The lowest BCUT2D eigenvalue weighted by atomic mass is 10.1. The number of rotatable bonds is 2. The van der Waals surface area contributed by atoms with Gasteiger partial charge in [0.2, 0.25) is 5.91 Å². The Kier molecular flexibility index (Phi) is 3.68. The number of nitrogens with one attached hydrogen (secondary N) is 1. The van der Waals surface area contributed by atoms with Crippen molar-refractivity contribution >= 4 is 11.6 Å². The lowest BCUT2D eigenvalue weighted by Crippen LogP contribution is -2.42. The number of anilines is 1. The number of hydrazine groups is 1. The van der Waals surface area contributed by atoms with Crippen LogP contribution in [0.2, 0.25) is 0 Å². The van der Waals surface area contributed by atoms with Crippen molar-refractivity contribution in [1.29, 1.82) is 0 Å². The minimum atomic E-state index is -0.0611. The number of benzene rings is 1. The summed E-state index contributed by atoms with van der Waals surface area (Å²) in [6.07, 6.45) is 0.879. The number of hydrogen-bond acceptors (Lipinski definition) is 3. The molecule has 1 saturated heterocycles. The number of amides is 1. The average Bonchev–Trinajstić information content (AvgIpc) is 2.65. The van der Waals surface area contributed by atoms with Crippen LogP contribution in [0.15, 0.2) is 18.2 Å². The topological polar surface area (TPSA) is 35.6 Å². The molecule has 98 valence electrons. The van der Waals surface area contributed by atoms with E-state index in [0.717, 1.165) is 29.8 Å². The van der Waals surface area contributed by atoms with Gasteiger partial charge in [-0.1, -0.05) is 18.2 Å². The van der Waals surface area contributed by atoms with E-state index in [1.165, 1.54) is 0 Å². The Hall–Kier alpha value is -1.39. The molecule has 2 rings (SSSR count). The van der Waals surface area contributed by atoms with Gasteiger partial charge in [-0.25, -0.2) is 10.0 Å². The summed E-state index contributed by atoms with van der Waals surface area (Å²) in [4.78, 5) is 12.3. The van der Waals surface area contributed by atoms with Gasteiger partial charge in [-0.05, 0) is 31.4 Å². The molecule has 1 aromatic rings. The highest BCUT2D eigenvalue weighted by Crippen LogP contribution is 2.22. The normalized spacial score (nSPS) is 21.2. The molecule has 1 aromatic carbocycles. The number of likely N-dealkylation sites (N-methyl/N-ethyl adjacent to an activating group) is 1. The summed E-state index contributed by atoms with van der Waals surface area (Å²) >= 11 is 0. The highest BCUT2D eigenvalue weighted by Gasteiger charge is 2.31. The van der Waals surface area contributed by atoms with Crippen LogP contribution in [-0.4, -0.2) is 42.6 Å². The maximum atomic E-state index is 12.3. The molecule has 0 radical (unpaired) electrons. The Morgan fingerprint density at radius 3 is 2.39 bits per heavy atom. The lowest BCUT2D eigenvalue weighted by Gasteiger charge is -2.24. The van der Waals surface area contributed by atoms with Crippen LogP contribution in [0.4, 0.5) is 5.69 Å². The van der Waals surface area contributed by atoms with Crippen LogP contribution >= 0.6 is 0 Å². The predicted molar refractivity (Wildman–Crippen MR) is 73.3 cm³/mol. The Morgan fingerprint density at radius 1 is 1.28 bits per heavy atom. The summed E-state index contributed by atoms with van der Waals surface area (Å²) in [6, 6.07) is 5.99. The molecule has 1 atom stereocenters. The first kappa shape index (κ1) is 13.1. The number of nitrogens with zero attached hydrogens (tertiary/aromatic N) is 2. The molecule has 1 aliphatic rings. The maximum absolute atomic E-state index is 12.3. The molecular formula is C14H21N3O. The minimum Gasteiger partial charge on any atom is -0.324 e. The number of para-hydroxylation sites is 1. The smallest absolute Gasteiger partial charge is 0.243 e. The van der Waals surface area contributed by atoms with Crippen molar-refractivity contribution in [3.05, 3.63) is 29.3 Å². The van der Waals surface area contributed by atoms with Crippen molar-refractivity contribution in [1.82, 2.24) is 10.0 Å². The highest BCUT2D eigenvalue weighted by atomic mass is 16.2. The zero-order chi connectivity index (χ0) is 13.3. The second-order valence-electron chi connectivity index (χ2n) is 5.02. The largest absolute Gasteiger partial charge is 0.324 e. The molecule has 0 aromatic heterocycles. The van der Waals surface area contributed by atoms with Gasteiger partial charge in [0.15, 0.2) is 0 Å². The van der Waals surface area contributed by atoms with Gasteiger partial charge in [0.1, 0.15) is 6.04 Å². The number of hydrogen-bond donors (Lipinski definition) is 1. The summed E-state index contributed by atoms with van der Waals surface area (Å²) in [5, 5.41) is 7.15. The molecule has 1 amide bonds. The zero-order valence-electron chi connectivity index (χ0n) is 11.5. The van der Waals surface area contributed by atoms with E-state index in [9.17, 15) is 4.79 Å². The van der Waals surface area contributed by atoms with Gasteiger partial charge in [-0.2, -0.15) is 0 Å². The first-order valence-corrected chi connectivity index (χ1v) is 6.31. The van der Waals surface area contributed by atoms with Crippen LogP contribution < -0.4 is 5.32 Å². The minimum absolute atomic E-state index is 0.0611. The molecular weight excluding hydrogens is 226 g/mol. The van der Waals surface area contributed by atoms with Crippen LogP contribution in [0, 0.1) is 13.8 Å². The van der Waals surface area contributed by atoms with Crippen LogP contribution in [0.5, 0.6) is 0 Å². The SMILES string of the molecule is Cc1cccc(C)c1NC(=O)C1CCN(C)N1C. The third-order valence-electron chi connectivity index (χ3n) is 3.75. The van der Waals surface area contributed by atoms with Crippen LogP contribution in [0.3, 0.4) is 0 Å². The molecule has 0 bridgehead atoms. The fourth-order valence-corrected chi connectivity index (χ4v) is 2.41. The Balaban J connectivity index is 2.12. The standard InChI is InChI=1S/C14H21N3O/c1-10-6-5-7-11(2)13(10)15-14(18)12-8-9-16(3)17(12)4/h5-7,12H,8-9H2,1-4H3,(H,15,18). The summed E-state index contributed by atoms with van der Waals surface area (Å²) in [7, 11) is 3.97. The van der Waals surface area contributed by atoms with E-state index < -0.39 is 0 Å². The molecule has 18 heavy (non-hydrogen) atoms. The second kappa shape index (κ2) is 5.08. The third kappa shape index (κ3) is 2.40. The highest BCUT2D eigenvalue weighted by molar-refractivity contribution is 5.96.